The number of Topliss-reactive ketones (excluding diaryl/α,β-unsaturated/α-hetero) is 1. The Morgan fingerprint density at radius 1 is 1.07 bits per heavy atom. The van der Waals surface area contributed by atoms with Crippen molar-refractivity contribution in [2.24, 2.45) is 0 Å². The molecule has 0 bridgehead atoms. The monoisotopic (exact) mass is 374 g/mol. The Labute approximate surface area is 162 Å². The molecule has 0 unspecified atom stereocenters. The number of aromatic nitrogens is 1. The second kappa shape index (κ2) is 8.64. The molecular formula is C22H18N2O4. The molecule has 28 heavy (non-hydrogen) atoms. The van der Waals surface area contributed by atoms with Crippen molar-refractivity contribution in [1.82, 2.24) is 4.98 Å². The number of rotatable bonds is 6. The number of carbonyl (C=O) groups is 2. The molecule has 0 radical (unpaired) electrons. The Balaban J connectivity index is 1.96. The van der Waals surface area contributed by atoms with Gasteiger partial charge in [-0.15, -0.1) is 0 Å². The topological polar surface area (TPSA) is 88.5 Å². The summed E-state index contributed by atoms with van der Waals surface area (Å²) in [6, 6.07) is 16.3. The van der Waals surface area contributed by atoms with Gasteiger partial charge in [-0.1, -0.05) is 18.2 Å². The van der Waals surface area contributed by atoms with Crippen LogP contribution in [0.15, 0.2) is 78.6 Å². The van der Waals surface area contributed by atoms with Gasteiger partial charge in [-0.05, 0) is 48.0 Å². The standard InChI is InChI=1S/C22H18N2O4/c1-28-19-6-2-5-17(13-19)24-22(27)20(12-15-7-9-18(25)10-8-15)21(26)16-4-3-11-23-14-16/h2-14,25H,1H3,(H,24,27)/b20-12+. The number of aromatic hydroxyl groups is 1. The number of hydrogen-bond acceptors (Lipinski definition) is 5. The van der Waals surface area contributed by atoms with E-state index in [9.17, 15) is 14.7 Å². The normalized spacial score (nSPS) is 11.0. The van der Waals surface area contributed by atoms with Crippen LogP contribution in [0, 0.1) is 0 Å². The molecule has 6 heteroatoms. The zero-order valence-electron chi connectivity index (χ0n) is 15.1. The van der Waals surface area contributed by atoms with Gasteiger partial charge in [0.1, 0.15) is 11.5 Å². The molecule has 2 aromatic carbocycles. The number of nitrogens with zero attached hydrogens (tertiary/aromatic N) is 1. The number of phenolic OH excluding ortho intramolecular Hbond substituents is 1. The maximum atomic E-state index is 12.9. The Kier molecular flexibility index (Phi) is 5.81. The van der Waals surface area contributed by atoms with Gasteiger partial charge in [0, 0.05) is 29.7 Å². The van der Waals surface area contributed by atoms with E-state index in [1.165, 1.54) is 31.5 Å². The molecule has 6 nitrogen and oxygen atoms in total. The smallest absolute Gasteiger partial charge is 0.259 e. The lowest BCUT2D eigenvalue weighted by Crippen LogP contribution is -2.21. The highest BCUT2D eigenvalue weighted by Gasteiger charge is 2.20. The molecule has 0 aliphatic heterocycles. The van der Waals surface area contributed by atoms with Gasteiger partial charge >= 0.3 is 0 Å². The Morgan fingerprint density at radius 2 is 1.86 bits per heavy atom. The molecule has 0 aliphatic carbocycles. The second-order valence-corrected chi connectivity index (χ2v) is 5.91. The summed E-state index contributed by atoms with van der Waals surface area (Å²) >= 11 is 0. The summed E-state index contributed by atoms with van der Waals surface area (Å²) in [5.74, 6) is -0.338. The van der Waals surface area contributed by atoms with Crippen molar-refractivity contribution >= 4 is 23.5 Å². The van der Waals surface area contributed by atoms with Gasteiger partial charge in [0.2, 0.25) is 0 Å². The first kappa shape index (κ1) is 18.8. The van der Waals surface area contributed by atoms with Crippen LogP contribution in [0.1, 0.15) is 15.9 Å². The molecule has 0 fully saturated rings. The predicted molar refractivity (Wildman–Crippen MR) is 106 cm³/mol. The van der Waals surface area contributed by atoms with E-state index in [0.29, 0.717) is 22.6 Å². The molecule has 3 aromatic rings. The third kappa shape index (κ3) is 4.62. The summed E-state index contributed by atoms with van der Waals surface area (Å²) in [6.45, 7) is 0. The SMILES string of the molecule is COc1cccc(NC(=O)/C(=C/c2ccc(O)cc2)C(=O)c2cccnc2)c1. The lowest BCUT2D eigenvalue weighted by atomic mass is 10.0. The van der Waals surface area contributed by atoms with Crippen molar-refractivity contribution in [3.8, 4) is 11.5 Å². The molecular weight excluding hydrogens is 356 g/mol. The van der Waals surface area contributed by atoms with E-state index >= 15 is 0 Å². The average Bonchev–Trinajstić information content (AvgIpc) is 2.73. The van der Waals surface area contributed by atoms with Crippen molar-refractivity contribution in [2.75, 3.05) is 12.4 Å². The fourth-order valence-corrected chi connectivity index (χ4v) is 2.52. The Hall–Kier alpha value is -3.93. The van der Waals surface area contributed by atoms with Gasteiger partial charge in [-0.25, -0.2) is 0 Å². The second-order valence-electron chi connectivity index (χ2n) is 5.91. The first-order valence-electron chi connectivity index (χ1n) is 8.47. The molecule has 1 amide bonds. The van der Waals surface area contributed by atoms with Crippen molar-refractivity contribution in [3.05, 3.63) is 89.8 Å². The zero-order valence-corrected chi connectivity index (χ0v) is 15.1. The van der Waals surface area contributed by atoms with Crippen molar-refractivity contribution in [3.63, 3.8) is 0 Å². The molecule has 140 valence electrons. The third-order valence-electron chi connectivity index (χ3n) is 3.94. The summed E-state index contributed by atoms with van der Waals surface area (Å²) in [6.07, 6.45) is 4.44. The highest BCUT2D eigenvalue weighted by Crippen LogP contribution is 2.20. The zero-order chi connectivity index (χ0) is 19.9. The average molecular weight is 374 g/mol. The highest BCUT2D eigenvalue weighted by molar-refractivity contribution is 6.31. The fourth-order valence-electron chi connectivity index (χ4n) is 2.52. The number of anilines is 1. The van der Waals surface area contributed by atoms with E-state index < -0.39 is 11.7 Å². The quantitative estimate of drug-likeness (QED) is 0.297. The lowest BCUT2D eigenvalue weighted by molar-refractivity contribution is -0.112. The van der Waals surface area contributed by atoms with E-state index in [-0.39, 0.29) is 11.3 Å². The summed E-state index contributed by atoms with van der Waals surface area (Å²) in [5, 5.41) is 12.2. The maximum Gasteiger partial charge on any atom is 0.259 e. The van der Waals surface area contributed by atoms with Crippen LogP contribution >= 0.6 is 0 Å². The number of hydrogen-bond donors (Lipinski definition) is 2. The number of ketones is 1. The van der Waals surface area contributed by atoms with E-state index in [1.807, 2.05) is 0 Å². The third-order valence-corrected chi connectivity index (χ3v) is 3.94. The van der Waals surface area contributed by atoms with Crippen LogP contribution in [0.2, 0.25) is 0 Å². The van der Waals surface area contributed by atoms with E-state index in [0.717, 1.165) is 0 Å². The Bertz CT molecular complexity index is 1010. The van der Waals surface area contributed by atoms with Crippen molar-refractivity contribution in [2.45, 2.75) is 0 Å². The van der Waals surface area contributed by atoms with Crippen LogP contribution in [0.3, 0.4) is 0 Å². The number of phenols is 1. The van der Waals surface area contributed by atoms with Crippen LogP contribution < -0.4 is 10.1 Å². The summed E-state index contributed by atoms with van der Waals surface area (Å²) in [7, 11) is 1.53. The van der Waals surface area contributed by atoms with Gasteiger partial charge in [-0.2, -0.15) is 0 Å². The number of nitrogens with one attached hydrogen (secondary N) is 1. The summed E-state index contributed by atoms with van der Waals surface area (Å²) < 4.78 is 5.16. The summed E-state index contributed by atoms with van der Waals surface area (Å²) in [5.41, 5.74) is 1.35. The molecule has 0 saturated heterocycles. The molecule has 0 atom stereocenters. The molecule has 2 N–H and O–H groups in total. The first-order valence-corrected chi connectivity index (χ1v) is 8.47. The number of benzene rings is 2. The predicted octanol–water partition coefficient (Wildman–Crippen LogP) is 3.70. The van der Waals surface area contributed by atoms with Crippen LogP contribution in [0.5, 0.6) is 11.5 Å². The molecule has 0 spiro atoms. The van der Waals surface area contributed by atoms with Gasteiger partial charge in [0.05, 0.1) is 12.7 Å². The van der Waals surface area contributed by atoms with Gasteiger partial charge < -0.3 is 15.2 Å². The van der Waals surface area contributed by atoms with Gasteiger partial charge in [-0.3, -0.25) is 14.6 Å². The van der Waals surface area contributed by atoms with Crippen LogP contribution in [0.4, 0.5) is 5.69 Å². The molecule has 0 saturated carbocycles. The highest BCUT2D eigenvalue weighted by atomic mass is 16.5. The number of pyridine rings is 1. The lowest BCUT2D eigenvalue weighted by Gasteiger charge is -2.10. The number of amides is 1. The minimum atomic E-state index is -0.560. The molecule has 1 heterocycles. The van der Waals surface area contributed by atoms with E-state index in [1.54, 1.807) is 54.7 Å². The number of methoxy groups -OCH3 is 1. The fraction of sp³-hybridized carbons (Fsp3) is 0.0455. The van der Waals surface area contributed by atoms with Gasteiger partial charge in [0.25, 0.3) is 5.91 Å². The van der Waals surface area contributed by atoms with Crippen molar-refractivity contribution < 1.29 is 19.4 Å². The minimum absolute atomic E-state index is 0.0542. The van der Waals surface area contributed by atoms with Gasteiger partial charge in [0.15, 0.2) is 5.78 Å². The minimum Gasteiger partial charge on any atom is -0.508 e. The molecule has 1 aromatic heterocycles. The largest absolute Gasteiger partial charge is 0.508 e. The Morgan fingerprint density at radius 3 is 2.54 bits per heavy atom. The summed E-state index contributed by atoms with van der Waals surface area (Å²) in [4.78, 5) is 29.8. The van der Waals surface area contributed by atoms with E-state index in [2.05, 4.69) is 10.3 Å². The van der Waals surface area contributed by atoms with Crippen LogP contribution in [-0.2, 0) is 4.79 Å². The van der Waals surface area contributed by atoms with E-state index in [4.69, 9.17) is 4.74 Å². The maximum absolute atomic E-state index is 12.9. The van der Waals surface area contributed by atoms with Crippen molar-refractivity contribution in [1.29, 1.82) is 0 Å². The van der Waals surface area contributed by atoms with Crippen LogP contribution in [-0.4, -0.2) is 28.9 Å². The molecule has 3 rings (SSSR count). The molecule has 0 aliphatic rings. The number of carbonyl (C=O) groups excluding carboxylic acids is 2. The number of ether oxygens (including phenoxy) is 1. The first-order chi connectivity index (χ1) is 13.6. The van der Waals surface area contributed by atoms with Crippen LogP contribution in [0.25, 0.3) is 6.08 Å².